The number of imide groups is 1. The van der Waals surface area contributed by atoms with Crippen LogP contribution in [0.2, 0.25) is 5.02 Å². The molecule has 3 aromatic rings. The van der Waals surface area contributed by atoms with E-state index in [1.807, 2.05) is 0 Å². The molecule has 8 nitrogen and oxygen atoms in total. The third-order valence-corrected chi connectivity index (χ3v) is 6.53. The van der Waals surface area contributed by atoms with Crippen LogP contribution in [0.25, 0.3) is 0 Å². The van der Waals surface area contributed by atoms with Gasteiger partial charge < -0.3 is 4.90 Å². The summed E-state index contributed by atoms with van der Waals surface area (Å²) in [6, 6.07) is 11.9. The average molecular weight is 480 g/mol. The Morgan fingerprint density at radius 2 is 1.68 bits per heavy atom. The van der Waals surface area contributed by atoms with Crippen molar-refractivity contribution in [3.8, 4) is 0 Å². The Hall–Kier alpha value is -4.11. The van der Waals surface area contributed by atoms with Gasteiger partial charge in [0, 0.05) is 22.3 Å². The summed E-state index contributed by atoms with van der Waals surface area (Å²) in [5.74, 6) is -3.07. The van der Waals surface area contributed by atoms with Crippen LogP contribution in [0.3, 0.4) is 0 Å². The van der Waals surface area contributed by atoms with Crippen molar-refractivity contribution >= 4 is 40.7 Å². The molecule has 0 bridgehead atoms. The number of fused-ring (bicyclic) bond motifs is 1. The molecule has 3 aromatic carbocycles. The maximum Gasteiger partial charge on any atom is 0.282 e. The van der Waals surface area contributed by atoms with E-state index in [9.17, 15) is 28.9 Å². The van der Waals surface area contributed by atoms with Crippen LogP contribution in [-0.2, 0) is 4.79 Å². The number of hydrogen-bond donors (Lipinski definition) is 0. The van der Waals surface area contributed by atoms with Crippen LogP contribution in [-0.4, -0.2) is 33.6 Å². The Morgan fingerprint density at radius 3 is 2.35 bits per heavy atom. The summed E-state index contributed by atoms with van der Waals surface area (Å²) in [5.41, 5.74) is 0.146. The van der Waals surface area contributed by atoms with Crippen LogP contribution in [0, 0.1) is 22.9 Å². The lowest BCUT2D eigenvalue weighted by Crippen LogP contribution is -2.67. The molecule has 0 saturated carbocycles. The molecule has 0 radical (unpaired) electrons. The highest BCUT2D eigenvalue weighted by Crippen LogP contribution is 2.46. The quantitative estimate of drug-likeness (QED) is 0.238. The summed E-state index contributed by atoms with van der Waals surface area (Å²) in [7, 11) is 0. The molecule has 3 amide bonds. The first-order valence-electron chi connectivity index (χ1n) is 10.2. The summed E-state index contributed by atoms with van der Waals surface area (Å²) in [4.78, 5) is 52.4. The summed E-state index contributed by atoms with van der Waals surface area (Å²) >= 11 is 6.23. The van der Waals surface area contributed by atoms with Crippen LogP contribution >= 0.6 is 11.6 Å². The third-order valence-electron chi connectivity index (χ3n) is 6.12. The fraction of sp³-hybridized carbons (Fsp3) is 0.125. The van der Waals surface area contributed by atoms with Gasteiger partial charge in [-0.1, -0.05) is 41.9 Å². The van der Waals surface area contributed by atoms with E-state index < -0.39 is 46.2 Å². The third kappa shape index (κ3) is 3.01. The number of benzene rings is 3. The Bertz CT molecular complexity index is 1430. The molecule has 0 unspecified atom stereocenters. The zero-order valence-corrected chi connectivity index (χ0v) is 18.3. The molecule has 2 aliphatic heterocycles. The number of carbonyl (C=O) groups is 3. The van der Waals surface area contributed by atoms with Crippen molar-refractivity contribution < 1.29 is 23.7 Å². The van der Waals surface area contributed by atoms with Gasteiger partial charge in [-0.2, -0.15) is 0 Å². The lowest BCUT2D eigenvalue weighted by atomic mass is 9.86. The zero-order valence-electron chi connectivity index (χ0n) is 17.6. The monoisotopic (exact) mass is 479 g/mol. The number of carbonyl (C=O) groups excluding carboxylic acids is 3. The zero-order chi connectivity index (χ0) is 24.3. The van der Waals surface area contributed by atoms with Crippen molar-refractivity contribution in [1.82, 2.24) is 4.90 Å². The number of anilines is 1. The molecule has 10 heteroatoms. The van der Waals surface area contributed by atoms with Crippen molar-refractivity contribution in [2.45, 2.75) is 19.0 Å². The molecule has 5 rings (SSSR count). The summed E-state index contributed by atoms with van der Waals surface area (Å²) < 4.78 is 14.9. The van der Waals surface area contributed by atoms with Gasteiger partial charge in [-0.15, -0.1) is 0 Å². The molecule has 1 fully saturated rings. The van der Waals surface area contributed by atoms with Gasteiger partial charge in [0.25, 0.3) is 23.4 Å². The molecule has 2 heterocycles. The van der Waals surface area contributed by atoms with Crippen LogP contribution in [0.15, 0.2) is 60.7 Å². The van der Waals surface area contributed by atoms with Crippen LogP contribution < -0.4 is 4.90 Å². The highest BCUT2D eigenvalue weighted by Gasteiger charge is 2.58. The second kappa shape index (κ2) is 7.74. The number of amides is 3. The lowest BCUT2D eigenvalue weighted by molar-refractivity contribution is -0.385. The first-order valence-corrected chi connectivity index (χ1v) is 10.6. The normalized spacial score (nSPS) is 19.3. The molecule has 0 aromatic heterocycles. The number of aryl methyl sites for hydroxylation is 1. The Balaban J connectivity index is 1.63. The van der Waals surface area contributed by atoms with Crippen molar-refractivity contribution in [2.75, 3.05) is 4.90 Å². The average Bonchev–Trinajstić information content (AvgIpc) is 3.05. The lowest BCUT2D eigenvalue weighted by Gasteiger charge is -2.49. The van der Waals surface area contributed by atoms with Gasteiger partial charge >= 0.3 is 0 Å². The second-order valence-electron chi connectivity index (χ2n) is 7.99. The van der Waals surface area contributed by atoms with Gasteiger partial charge in [0.05, 0.1) is 16.5 Å². The van der Waals surface area contributed by atoms with Gasteiger partial charge in [-0.25, -0.2) is 4.39 Å². The van der Waals surface area contributed by atoms with E-state index in [-0.39, 0.29) is 16.7 Å². The summed E-state index contributed by atoms with van der Waals surface area (Å²) in [5, 5.41) is 11.8. The number of halogens is 2. The SMILES string of the molecule is Cc1ccc(N2C(=O)[C@@H](N3C(=O)c4cccc([N+](=O)[O-])c4C3=O)[C@@H]2c2ccccc2F)cc1Cl. The van der Waals surface area contributed by atoms with E-state index in [2.05, 4.69) is 0 Å². The molecule has 2 atom stereocenters. The van der Waals surface area contributed by atoms with Crippen LogP contribution in [0.4, 0.5) is 15.8 Å². The molecular weight excluding hydrogens is 465 g/mol. The van der Waals surface area contributed by atoms with Crippen LogP contribution in [0.5, 0.6) is 0 Å². The number of nitro groups is 1. The molecular formula is C24H15ClFN3O5. The minimum Gasteiger partial charge on any atom is -0.300 e. The predicted molar refractivity (Wildman–Crippen MR) is 120 cm³/mol. The molecule has 2 aliphatic rings. The highest BCUT2D eigenvalue weighted by molar-refractivity contribution is 6.32. The first kappa shape index (κ1) is 21.7. The minimum absolute atomic E-state index is 0.0925. The van der Waals surface area contributed by atoms with Gasteiger partial charge in [-0.3, -0.25) is 29.4 Å². The first-order chi connectivity index (χ1) is 16.2. The number of nitro benzene ring substituents is 1. The van der Waals surface area contributed by atoms with E-state index in [1.54, 1.807) is 31.2 Å². The van der Waals surface area contributed by atoms with E-state index in [0.29, 0.717) is 15.6 Å². The highest BCUT2D eigenvalue weighted by atomic mass is 35.5. The van der Waals surface area contributed by atoms with Crippen LogP contribution in [0.1, 0.15) is 37.9 Å². The van der Waals surface area contributed by atoms with E-state index in [1.165, 1.54) is 35.2 Å². The largest absolute Gasteiger partial charge is 0.300 e. The fourth-order valence-electron chi connectivity index (χ4n) is 4.46. The van der Waals surface area contributed by atoms with E-state index in [4.69, 9.17) is 11.6 Å². The maximum atomic E-state index is 14.9. The van der Waals surface area contributed by atoms with Crippen molar-refractivity contribution in [3.05, 3.63) is 104 Å². The summed E-state index contributed by atoms with van der Waals surface area (Å²) in [6.45, 7) is 1.78. The Kier molecular flexibility index (Phi) is 4.94. The van der Waals surface area contributed by atoms with Crippen molar-refractivity contribution in [1.29, 1.82) is 0 Å². The van der Waals surface area contributed by atoms with Gasteiger partial charge in [-0.05, 0) is 36.8 Å². The molecule has 1 saturated heterocycles. The smallest absolute Gasteiger partial charge is 0.282 e. The molecule has 34 heavy (non-hydrogen) atoms. The standard InChI is InChI=1S/C24H15ClFN3O5/c1-12-9-10-13(11-16(12)25)27-20(14-5-2-3-7-17(14)26)21(24(27)32)28-22(30)15-6-4-8-18(29(33)34)19(15)23(28)31/h2-11,20-21H,1H3/t20-,21-/m0/s1. The Labute approximate surface area is 197 Å². The molecule has 0 aliphatic carbocycles. The predicted octanol–water partition coefficient (Wildman–Crippen LogP) is 4.45. The number of nitrogens with zero attached hydrogens (tertiary/aromatic N) is 3. The second-order valence-corrected chi connectivity index (χ2v) is 8.40. The number of rotatable bonds is 4. The van der Waals surface area contributed by atoms with Gasteiger partial charge in [0.2, 0.25) is 0 Å². The van der Waals surface area contributed by atoms with Crippen molar-refractivity contribution in [3.63, 3.8) is 0 Å². The topological polar surface area (TPSA) is 101 Å². The minimum atomic E-state index is -1.39. The number of β-lactam (4-membered cyclic amide) rings is 1. The Morgan fingerprint density at radius 1 is 0.941 bits per heavy atom. The van der Waals surface area contributed by atoms with Gasteiger partial charge in [0.1, 0.15) is 17.4 Å². The van der Waals surface area contributed by atoms with Gasteiger partial charge in [0.15, 0.2) is 0 Å². The fourth-order valence-corrected chi connectivity index (χ4v) is 4.63. The molecule has 0 N–H and O–H groups in total. The maximum absolute atomic E-state index is 14.9. The molecule has 0 spiro atoms. The van der Waals surface area contributed by atoms with E-state index >= 15 is 0 Å². The number of hydrogen-bond acceptors (Lipinski definition) is 5. The molecule has 170 valence electrons. The van der Waals surface area contributed by atoms with Crippen molar-refractivity contribution in [2.24, 2.45) is 0 Å². The summed E-state index contributed by atoms with van der Waals surface area (Å²) in [6.07, 6.45) is 0. The van der Waals surface area contributed by atoms with E-state index in [0.717, 1.165) is 11.6 Å².